The number of methoxy groups -OCH3 is 2. The number of esters is 1. The van der Waals surface area contributed by atoms with E-state index in [1.165, 1.54) is 13.2 Å². The Labute approximate surface area is 92.6 Å². The van der Waals surface area contributed by atoms with Crippen LogP contribution in [0.5, 0.6) is 5.75 Å². The first-order chi connectivity index (χ1) is 7.61. The molecule has 1 N–H and O–H groups in total. The molecule has 0 bridgehead atoms. The standard InChI is InChI=1S/C11H12O5/c1-15-8-6-4-3-5-7(8)9(12)10(13)11(14)16-2/h3-6,10,13H,1-2H3. The largest absolute Gasteiger partial charge is 0.496 e. The van der Waals surface area contributed by atoms with E-state index >= 15 is 0 Å². The SMILES string of the molecule is COC(=O)C(O)C(=O)c1ccccc1OC. The van der Waals surface area contributed by atoms with Gasteiger partial charge in [0, 0.05) is 0 Å². The van der Waals surface area contributed by atoms with Crippen molar-refractivity contribution in [3.63, 3.8) is 0 Å². The van der Waals surface area contributed by atoms with Gasteiger partial charge in [0.25, 0.3) is 0 Å². The molecule has 0 aliphatic rings. The van der Waals surface area contributed by atoms with Crippen molar-refractivity contribution in [2.75, 3.05) is 14.2 Å². The van der Waals surface area contributed by atoms with E-state index < -0.39 is 17.9 Å². The van der Waals surface area contributed by atoms with Crippen LogP contribution in [0.25, 0.3) is 0 Å². The average Bonchev–Trinajstić information content (AvgIpc) is 2.35. The maximum atomic E-state index is 11.7. The minimum atomic E-state index is -1.82. The Hall–Kier alpha value is -1.88. The van der Waals surface area contributed by atoms with Gasteiger partial charge >= 0.3 is 5.97 Å². The minimum absolute atomic E-state index is 0.142. The monoisotopic (exact) mass is 224 g/mol. The predicted octanol–water partition coefficient (Wildman–Crippen LogP) is 0.412. The van der Waals surface area contributed by atoms with Gasteiger partial charge in [-0.15, -0.1) is 0 Å². The van der Waals surface area contributed by atoms with Crippen LogP contribution in [0.1, 0.15) is 10.4 Å². The third kappa shape index (κ3) is 2.38. The van der Waals surface area contributed by atoms with E-state index in [1.54, 1.807) is 18.2 Å². The summed E-state index contributed by atoms with van der Waals surface area (Å²) in [5.74, 6) is -1.43. The molecule has 0 aliphatic heterocycles. The van der Waals surface area contributed by atoms with Crippen molar-refractivity contribution in [2.45, 2.75) is 6.10 Å². The number of hydrogen-bond donors (Lipinski definition) is 1. The first-order valence-electron chi connectivity index (χ1n) is 4.55. The Morgan fingerprint density at radius 2 is 1.88 bits per heavy atom. The zero-order chi connectivity index (χ0) is 12.1. The predicted molar refractivity (Wildman–Crippen MR) is 55.3 cm³/mol. The number of aliphatic hydroxyl groups is 1. The molecule has 16 heavy (non-hydrogen) atoms. The van der Waals surface area contributed by atoms with Crippen molar-refractivity contribution in [1.29, 1.82) is 0 Å². The Bertz CT molecular complexity index is 399. The summed E-state index contributed by atoms with van der Waals surface area (Å²) in [6.45, 7) is 0. The summed E-state index contributed by atoms with van der Waals surface area (Å²) in [7, 11) is 2.50. The second-order valence-corrected chi connectivity index (χ2v) is 2.99. The summed E-state index contributed by atoms with van der Waals surface area (Å²) in [6, 6.07) is 6.32. The molecule has 0 aromatic heterocycles. The van der Waals surface area contributed by atoms with E-state index in [9.17, 15) is 14.7 Å². The summed E-state index contributed by atoms with van der Waals surface area (Å²) in [5.41, 5.74) is 0.142. The molecule has 86 valence electrons. The number of carbonyl (C=O) groups is 2. The van der Waals surface area contributed by atoms with Crippen LogP contribution in [0.3, 0.4) is 0 Å². The zero-order valence-electron chi connectivity index (χ0n) is 8.97. The van der Waals surface area contributed by atoms with Gasteiger partial charge in [0.05, 0.1) is 19.8 Å². The molecule has 0 amide bonds. The highest BCUT2D eigenvalue weighted by molar-refractivity contribution is 6.12. The number of Topliss-reactive ketones (excluding diaryl/α,β-unsaturated/α-hetero) is 1. The van der Waals surface area contributed by atoms with Crippen LogP contribution in [-0.2, 0) is 9.53 Å². The van der Waals surface area contributed by atoms with Gasteiger partial charge in [0.2, 0.25) is 11.9 Å². The van der Waals surface area contributed by atoms with Gasteiger partial charge < -0.3 is 14.6 Å². The molecule has 0 aliphatic carbocycles. The van der Waals surface area contributed by atoms with Gasteiger partial charge in [-0.1, -0.05) is 12.1 Å². The fraction of sp³-hybridized carbons (Fsp3) is 0.273. The van der Waals surface area contributed by atoms with E-state index in [0.29, 0.717) is 5.75 Å². The molecular weight excluding hydrogens is 212 g/mol. The van der Waals surface area contributed by atoms with Crippen molar-refractivity contribution in [3.8, 4) is 5.75 Å². The molecule has 1 atom stereocenters. The Balaban J connectivity index is 3.00. The molecule has 0 fully saturated rings. The number of hydrogen-bond acceptors (Lipinski definition) is 5. The van der Waals surface area contributed by atoms with E-state index in [1.807, 2.05) is 0 Å². The zero-order valence-corrected chi connectivity index (χ0v) is 8.97. The number of rotatable bonds is 4. The second-order valence-electron chi connectivity index (χ2n) is 2.99. The molecule has 1 rings (SSSR count). The van der Waals surface area contributed by atoms with Crippen molar-refractivity contribution >= 4 is 11.8 Å². The molecule has 1 unspecified atom stereocenters. The van der Waals surface area contributed by atoms with Crippen LogP contribution in [-0.4, -0.2) is 37.2 Å². The molecule has 0 radical (unpaired) electrons. The normalized spacial score (nSPS) is 11.7. The van der Waals surface area contributed by atoms with Crippen LogP contribution < -0.4 is 4.74 Å². The second kappa shape index (κ2) is 5.27. The quantitative estimate of drug-likeness (QED) is 0.455. The van der Waals surface area contributed by atoms with Gasteiger partial charge in [-0.25, -0.2) is 4.79 Å². The maximum absolute atomic E-state index is 11.7. The third-order valence-electron chi connectivity index (χ3n) is 2.05. The molecular formula is C11H12O5. The van der Waals surface area contributed by atoms with Crippen LogP contribution in [0, 0.1) is 0 Å². The first kappa shape index (κ1) is 12.2. The Morgan fingerprint density at radius 1 is 1.25 bits per heavy atom. The van der Waals surface area contributed by atoms with Crippen LogP contribution in [0.4, 0.5) is 0 Å². The number of aliphatic hydroxyl groups excluding tert-OH is 1. The van der Waals surface area contributed by atoms with Gasteiger partial charge in [0.15, 0.2) is 0 Å². The van der Waals surface area contributed by atoms with Gasteiger partial charge in [-0.05, 0) is 12.1 Å². The summed E-state index contributed by atoms with van der Waals surface area (Å²) in [4.78, 5) is 22.7. The van der Waals surface area contributed by atoms with Crippen LogP contribution >= 0.6 is 0 Å². The number of ether oxygens (including phenoxy) is 2. The lowest BCUT2D eigenvalue weighted by Crippen LogP contribution is -2.31. The Morgan fingerprint density at radius 3 is 2.44 bits per heavy atom. The molecule has 0 saturated carbocycles. The van der Waals surface area contributed by atoms with E-state index in [4.69, 9.17) is 4.74 Å². The summed E-state index contributed by atoms with van der Waals surface area (Å²) >= 11 is 0. The number of ketones is 1. The van der Waals surface area contributed by atoms with Gasteiger partial charge in [0.1, 0.15) is 5.75 Å². The molecule has 5 heteroatoms. The van der Waals surface area contributed by atoms with E-state index in [2.05, 4.69) is 4.74 Å². The fourth-order valence-electron chi connectivity index (χ4n) is 1.21. The summed E-state index contributed by atoms with van der Waals surface area (Å²) in [5, 5.41) is 9.38. The van der Waals surface area contributed by atoms with E-state index in [-0.39, 0.29) is 5.56 Å². The highest BCUT2D eigenvalue weighted by Gasteiger charge is 2.27. The van der Waals surface area contributed by atoms with Crippen LogP contribution in [0.15, 0.2) is 24.3 Å². The topological polar surface area (TPSA) is 72.8 Å². The molecule has 0 spiro atoms. The van der Waals surface area contributed by atoms with Gasteiger partial charge in [-0.2, -0.15) is 0 Å². The fourth-order valence-corrected chi connectivity index (χ4v) is 1.21. The highest BCUT2D eigenvalue weighted by Crippen LogP contribution is 2.19. The summed E-state index contributed by atoms with van der Waals surface area (Å²) < 4.78 is 9.22. The lowest BCUT2D eigenvalue weighted by Gasteiger charge is -2.10. The van der Waals surface area contributed by atoms with Crippen molar-refractivity contribution < 1.29 is 24.2 Å². The molecule has 1 aromatic carbocycles. The average molecular weight is 224 g/mol. The number of benzene rings is 1. The maximum Gasteiger partial charge on any atom is 0.342 e. The molecule has 5 nitrogen and oxygen atoms in total. The lowest BCUT2D eigenvalue weighted by atomic mass is 10.1. The van der Waals surface area contributed by atoms with Gasteiger partial charge in [-0.3, -0.25) is 4.79 Å². The molecule has 0 heterocycles. The lowest BCUT2D eigenvalue weighted by molar-refractivity contribution is -0.147. The first-order valence-corrected chi connectivity index (χ1v) is 4.55. The Kier molecular flexibility index (Phi) is 4.02. The molecule has 0 saturated heterocycles. The van der Waals surface area contributed by atoms with Crippen molar-refractivity contribution in [3.05, 3.63) is 29.8 Å². The van der Waals surface area contributed by atoms with Crippen LogP contribution in [0.2, 0.25) is 0 Å². The highest BCUT2D eigenvalue weighted by atomic mass is 16.5. The molecule has 1 aromatic rings. The number of para-hydroxylation sites is 1. The van der Waals surface area contributed by atoms with Crippen molar-refractivity contribution in [1.82, 2.24) is 0 Å². The minimum Gasteiger partial charge on any atom is -0.496 e. The third-order valence-corrected chi connectivity index (χ3v) is 2.05. The van der Waals surface area contributed by atoms with E-state index in [0.717, 1.165) is 7.11 Å². The number of carbonyl (C=O) groups excluding carboxylic acids is 2. The summed E-state index contributed by atoms with van der Waals surface area (Å²) in [6.07, 6.45) is -1.82. The van der Waals surface area contributed by atoms with Crippen molar-refractivity contribution in [2.24, 2.45) is 0 Å². The smallest absolute Gasteiger partial charge is 0.342 e.